The minimum absolute atomic E-state index is 0.0307. The number of fused-ring (bicyclic) bond motifs is 10. The van der Waals surface area contributed by atoms with Crippen LogP contribution >= 0.6 is 0 Å². The van der Waals surface area contributed by atoms with Crippen LogP contribution in [0.3, 0.4) is 0 Å². The van der Waals surface area contributed by atoms with E-state index in [1.54, 1.807) is 0 Å². The second kappa shape index (κ2) is 16.5. The molecule has 0 aromatic heterocycles. The molecule has 0 fully saturated rings. The van der Waals surface area contributed by atoms with Crippen LogP contribution < -0.4 is 0 Å². The summed E-state index contributed by atoms with van der Waals surface area (Å²) in [6.45, 7) is 0. The van der Waals surface area contributed by atoms with E-state index >= 15 is 0 Å². The highest BCUT2D eigenvalue weighted by molar-refractivity contribution is 6.11. The molecule has 0 saturated carbocycles. The smallest absolute Gasteiger partial charge is 0.193 e. The zero-order valence-electron chi connectivity index (χ0n) is 36.7. The number of benzene rings is 10. The minimum Gasteiger partial charge on any atom is -0.289 e. The predicted octanol–water partition coefficient (Wildman–Crippen LogP) is 14.9. The van der Waals surface area contributed by atoms with Gasteiger partial charge in [0.25, 0.3) is 0 Å². The number of carbonyl (C=O) groups is 2. The van der Waals surface area contributed by atoms with Crippen molar-refractivity contribution in [2.75, 3.05) is 0 Å². The van der Waals surface area contributed by atoms with Gasteiger partial charge in [0.05, 0.1) is 5.41 Å². The van der Waals surface area contributed by atoms with Crippen LogP contribution in [0.25, 0.3) is 22.3 Å². The molecule has 2 aliphatic rings. The van der Waals surface area contributed by atoms with E-state index in [2.05, 4.69) is 182 Å². The quantitative estimate of drug-likeness (QED) is 0.101. The Labute approximate surface area is 391 Å². The third kappa shape index (κ3) is 6.64. The maximum Gasteiger partial charge on any atom is 0.193 e. The highest BCUT2D eigenvalue weighted by atomic mass is 16.1. The number of hydrogen-bond donors (Lipinski definition) is 0. The van der Waals surface area contributed by atoms with Crippen molar-refractivity contribution in [1.29, 1.82) is 0 Å². The second-order valence-corrected chi connectivity index (χ2v) is 17.8. The molecule has 10 aromatic rings. The predicted molar refractivity (Wildman–Crippen MR) is 270 cm³/mol. The van der Waals surface area contributed by atoms with E-state index < -0.39 is 5.41 Å². The summed E-state index contributed by atoms with van der Waals surface area (Å²) in [5.41, 5.74) is 17.5. The molecule has 2 heteroatoms. The summed E-state index contributed by atoms with van der Waals surface area (Å²) in [6.07, 6.45) is 0. The van der Waals surface area contributed by atoms with Gasteiger partial charge in [-0.05, 0) is 90.0 Å². The van der Waals surface area contributed by atoms with E-state index in [9.17, 15) is 9.59 Å². The highest BCUT2D eigenvalue weighted by Crippen LogP contribution is 2.64. The van der Waals surface area contributed by atoms with Crippen molar-refractivity contribution in [2.45, 2.75) is 17.3 Å². The van der Waals surface area contributed by atoms with E-state index in [1.807, 2.05) is 72.8 Å². The van der Waals surface area contributed by atoms with Crippen LogP contribution in [0.4, 0.5) is 0 Å². The summed E-state index contributed by atoms with van der Waals surface area (Å²) >= 11 is 0. The first-order valence-corrected chi connectivity index (χ1v) is 23.1. The van der Waals surface area contributed by atoms with Gasteiger partial charge in [-0.25, -0.2) is 0 Å². The lowest BCUT2D eigenvalue weighted by molar-refractivity contribution is 0.103. The van der Waals surface area contributed by atoms with Gasteiger partial charge in [-0.2, -0.15) is 0 Å². The van der Waals surface area contributed by atoms with Gasteiger partial charge in [0.1, 0.15) is 0 Å². The SMILES string of the molecule is O=C(c1ccccc1)c1ccc2c(c1)C1(c3cc(C(=O)c4ccccc4)ccc3-c3ccc(C(c4ccccc4)c4ccccc4)cc31)c1cc(C(c3ccccc3)c3ccccc3)ccc1-2. The van der Waals surface area contributed by atoms with Crippen LogP contribution in [0.1, 0.15) is 99.3 Å². The maximum atomic E-state index is 14.6. The van der Waals surface area contributed by atoms with Crippen LogP contribution in [0.15, 0.2) is 255 Å². The minimum atomic E-state index is -0.906. The molecule has 0 radical (unpaired) electrons. The molecule has 0 N–H and O–H groups in total. The summed E-state index contributed by atoms with van der Waals surface area (Å²) < 4.78 is 0. The third-order valence-electron chi connectivity index (χ3n) is 14.1. The number of hydrogen-bond acceptors (Lipinski definition) is 2. The number of ketones is 2. The monoisotopic (exact) mass is 856 g/mol. The Morgan fingerprint density at radius 1 is 0.254 bits per heavy atom. The van der Waals surface area contributed by atoms with E-state index in [0.717, 1.165) is 55.6 Å². The van der Waals surface area contributed by atoms with Gasteiger partial charge in [-0.15, -0.1) is 0 Å². The molecule has 0 bridgehead atoms. The molecule has 1 spiro atoms. The number of carbonyl (C=O) groups excluding carboxylic acids is 2. The largest absolute Gasteiger partial charge is 0.289 e. The molecule has 0 heterocycles. The number of rotatable bonds is 10. The van der Waals surface area contributed by atoms with Crippen LogP contribution in [0.2, 0.25) is 0 Å². The van der Waals surface area contributed by atoms with Crippen LogP contribution in [-0.4, -0.2) is 11.6 Å². The maximum absolute atomic E-state index is 14.6. The zero-order valence-corrected chi connectivity index (χ0v) is 36.7. The standard InChI is InChI=1S/C65H44O2/c66-63(47-27-15-5-16-28-47)51-33-37-55-53-35-31-49(61(43-19-7-1-8-20-43)44-21-9-2-10-22-44)39-57(53)65(59(55)41-51)58-40-50(62(45-23-11-3-12-24-45)46-25-13-4-14-26-46)32-36-54(58)56-38-34-52(42-60(56)65)64(67)48-29-17-6-18-30-48/h1-42,61-62H. The fourth-order valence-corrected chi connectivity index (χ4v) is 11.2. The summed E-state index contributed by atoms with van der Waals surface area (Å²) in [4.78, 5) is 29.2. The van der Waals surface area contributed by atoms with Gasteiger partial charge in [-0.3, -0.25) is 9.59 Å². The molecule has 316 valence electrons. The topological polar surface area (TPSA) is 34.1 Å². The molecular formula is C65H44O2. The Morgan fingerprint density at radius 3 is 0.836 bits per heavy atom. The molecular weight excluding hydrogens is 813 g/mol. The van der Waals surface area contributed by atoms with Crippen molar-refractivity contribution in [3.05, 3.63) is 333 Å². The van der Waals surface area contributed by atoms with Gasteiger partial charge < -0.3 is 0 Å². The Morgan fingerprint density at radius 2 is 0.522 bits per heavy atom. The first-order chi connectivity index (χ1) is 33.1. The van der Waals surface area contributed by atoms with Crippen LogP contribution in [0.5, 0.6) is 0 Å². The van der Waals surface area contributed by atoms with Gasteiger partial charge in [-0.1, -0.05) is 243 Å². The molecule has 10 aromatic carbocycles. The molecule has 0 atom stereocenters. The molecule has 0 unspecified atom stereocenters. The summed E-state index contributed by atoms with van der Waals surface area (Å²) in [5.74, 6) is -0.169. The van der Waals surface area contributed by atoms with E-state index in [0.29, 0.717) is 22.3 Å². The van der Waals surface area contributed by atoms with Gasteiger partial charge >= 0.3 is 0 Å². The highest BCUT2D eigenvalue weighted by Gasteiger charge is 2.53. The van der Waals surface area contributed by atoms with E-state index in [4.69, 9.17) is 0 Å². The fourth-order valence-electron chi connectivity index (χ4n) is 11.2. The lowest BCUT2D eigenvalue weighted by Gasteiger charge is -2.32. The van der Waals surface area contributed by atoms with Crippen molar-refractivity contribution >= 4 is 11.6 Å². The summed E-state index contributed by atoms with van der Waals surface area (Å²) in [7, 11) is 0. The molecule has 2 nitrogen and oxygen atoms in total. The Balaban J connectivity index is 1.18. The fraction of sp³-hybridized carbons (Fsp3) is 0.0462. The van der Waals surface area contributed by atoms with E-state index in [1.165, 1.54) is 22.3 Å². The summed E-state index contributed by atoms with van der Waals surface area (Å²) in [5, 5.41) is 0. The summed E-state index contributed by atoms with van der Waals surface area (Å²) in [6, 6.07) is 88.8. The van der Waals surface area contributed by atoms with Crippen LogP contribution in [-0.2, 0) is 5.41 Å². The second-order valence-electron chi connectivity index (χ2n) is 17.8. The Hall–Kier alpha value is -8.46. The molecule has 0 saturated heterocycles. The first-order valence-electron chi connectivity index (χ1n) is 23.1. The van der Waals surface area contributed by atoms with Crippen molar-refractivity contribution in [3.63, 3.8) is 0 Å². The third-order valence-corrected chi connectivity index (χ3v) is 14.1. The Kier molecular flexibility index (Phi) is 9.88. The van der Waals surface area contributed by atoms with Gasteiger partial charge in [0, 0.05) is 34.1 Å². The average molecular weight is 857 g/mol. The average Bonchev–Trinajstić information content (AvgIpc) is 3.86. The van der Waals surface area contributed by atoms with Crippen molar-refractivity contribution in [1.82, 2.24) is 0 Å². The van der Waals surface area contributed by atoms with Crippen LogP contribution in [0, 0.1) is 0 Å². The van der Waals surface area contributed by atoms with Crippen molar-refractivity contribution in [3.8, 4) is 22.3 Å². The lowest BCUT2D eigenvalue weighted by Crippen LogP contribution is -2.27. The van der Waals surface area contributed by atoms with Gasteiger partial charge in [0.15, 0.2) is 11.6 Å². The van der Waals surface area contributed by atoms with Crippen molar-refractivity contribution < 1.29 is 9.59 Å². The molecule has 12 rings (SSSR count). The van der Waals surface area contributed by atoms with E-state index in [-0.39, 0.29) is 23.4 Å². The Bertz CT molecular complexity index is 3160. The normalized spacial score (nSPS) is 12.7. The lowest BCUT2D eigenvalue weighted by atomic mass is 9.68. The first kappa shape index (κ1) is 40.1. The molecule has 0 aliphatic heterocycles. The molecule has 67 heavy (non-hydrogen) atoms. The molecule has 2 aliphatic carbocycles. The van der Waals surface area contributed by atoms with Crippen molar-refractivity contribution in [2.24, 2.45) is 0 Å². The molecule has 0 amide bonds. The van der Waals surface area contributed by atoms with Gasteiger partial charge in [0.2, 0.25) is 0 Å². The zero-order chi connectivity index (χ0) is 44.9.